The summed E-state index contributed by atoms with van der Waals surface area (Å²) in [6, 6.07) is 0.105. The minimum Gasteiger partial charge on any atom is -0.395 e. The van der Waals surface area contributed by atoms with Gasteiger partial charge < -0.3 is 15.1 Å². The summed E-state index contributed by atoms with van der Waals surface area (Å²) >= 11 is 1.85. The zero-order chi connectivity index (χ0) is 15.2. The van der Waals surface area contributed by atoms with E-state index in [-0.39, 0.29) is 18.2 Å². The first kappa shape index (κ1) is 16.1. The van der Waals surface area contributed by atoms with E-state index >= 15 is 0 Å². The van der Waals surface area contributed by atoms with E-state index in [2.05, 4.69) is 26.8 Å². The van der Waals surface area contributed by atoms with Crippen LogP contribution in [0.5, 0.6) is 0 Å². The lowest BCUT2D eigenvalue weighted by molar-refractivity contribution is 0.157. The van der Waals surface area contributed by atoms with E-state index in [4.69, 9.17) is 0 Å². The highest BCUT2D eigenvalue weighted by atomic mass is 32.2. The molecule has 0 saturated heterocycles. The van der Waals surface area contributed by atoms with E-state index < -0.39 is 0 Å². The van der Waals surface area contributed by atoms with Gasteiger partial charge in [-0.25, -0.2) is 4.98 Å². The Balaban J connectivity index is 2.08. The third-order valence-corrected chi connectivity index (χ3v) is 4.78. The average molecular weight is 310 g/mol. The molecule has 0 radical (unpaired) electrons. The van der Waals surface area contributed by atoms with Crippen molar-refractivity contribution in [3.63, 3.8) is 0 Å². The molecule has 0 spiro atoms. The first-order valence-electron chi connectivity index (χ1n) is 7.09. The number of nitrogens with one attached hydrogen (secondary N) is 2. The number of hydrogen-bond donors (Lipinski definition) is 3. The maximum atomic E-state index is 11.7. The van der Waals surface area contributed by atoms with Crippen molar-refractivity contribution in [3.8, 4) is 0 Å². The molecule has 0 aliphatic heterocycles. The largest absolute Gasteiger partial charge is 0.395 e. The smallest absolute Gasteiger partial charge is 0.275 e. The molecule has 0 saturated carbocycles. The molecule has 6 nitrogen and oxygen atoms in total. The van der Waals surface area contributed by atoms with Crippen LogP contribution in [0.15, 0.2) is 17.3 Å². The third kappa shape index (κ3) is 3.87. The number of aromatic amines is 2. The average Bonchev–Trinajstić information content (AvgIpc) is 2.88. The Morgan fingerprint density at radius 3 is 3.00 bits per heavy atom. The maximum Gasteiger partial charge on any atom is 0.275 e. The Hall–Kier alpha value is -1.31. The second-order valence-electron chi connectivity index (χ2n) is 5.10. The van der Waals surface area contributed by atoms with Gasteiger partial charge in [-0.3, -0.25) is 9.69 Å². The maximum absolute atomic E-state index is 11.7. The molecule has 2 heterocycles. The molecule has 116 valence electrons. The summed E-state index contributed by atoms with van der Waals surface area (Å²) in [4.78, 5) is 23.5. The number of fused-ring (bicyclic) bond motifs is 1. The Labute approximate surface area is 128 Å². The summed E-state index contributed by atoms with van der Waals surface area (Å²) in [5.41, 5.74) is 2.01. The van der Waals surface area contributed by atoms with Gasteiger partial charge in [0.05, 0.1) is 18.5 Å². The van der Waals surface area contributed by atoms with Crippen LogP contribution in [0.3, 0.4) is 0 Å². The lowest BCUT2D eigenvalue weighted by atomic mass is 10.2. The number of aromatic nitrogens is 3. The molecule has 0 aromatic carbocycles. The Kier molecular flexibility index (Phi) is 5.84. The van der Waals surface area contributed by atoms with E-state index in [1.165, 1.54) is 6.33 Å². The summed E-state index contributed by atoms with van der Waals surface area (Å²) < 4.78 is 0. The van der Waals surface area contributed by atoms with E-state index in [1.807, 2.05) is 25.0 Å². The predicted octanol–water partition coefficient (Wildman–Crippen LogP) is 1.19. The topological polar surface area (TPSA) is 85.0 Å². The first-order chi connectivity index (χ1) is 10.2. The summed E-state index contributed by atoms with van der Waals surface area (Å²) in [5.74, 6) is 2.01. The fraction of sp³-hybridized carbons (Fsp3) is 0.571. The number of thioether (sulfide) groups is 1. The van der Waals surface area contributed by atoms with Gasteiger partial charge in [-0.2, -0.15) is 11.8 Å². The van der Waals surface area contributed by atoms with Gasteiger partial charge in [-0.05, 0) is 19.2 Å². The lowest BCUT2D eigenvalue weighted by Gasteiger charge is -2.25. The molecule has 7 heteroatoms. The normalized spacial score (nSPS) is 13.1. The number of H-pyrrole nitrogens is 2. The molecular formula is C14H22N4O2S. The predicted molar refractivity (Wildman–Crippen MR) is 86.7 cm³/mol. The SMILES string of the molecule is CCCSC[C@@H](CO)N(C)Cc1c[nH]c2c(=O)[nH]cnc12. The highest BCUT2D eigenvalue weighted by molar-refractivity contribution is 7.99. The molecule has 0 amide bonds. The van der Waals surface area contributed by atoms with Crippen LogP contribution in [0, 0.1) is 0 Å². The minimum absolute atomic E-state index is 0.105. The van der Waals surface area contributed by atoms with Crippen molar-refractivity contribution < 1.29 is 5.11 Å². The van der Waals surface area contributed by atoms with Gasteiger partial charge in [0.15, 0.2) is 0 Å². The van der Waals surface area contributed by atoms with Gasteiger partial charge in [0.2, 0.25) is 0 Å². The van der Waals surface area contributed by atoms with Crippen molar-refractivity contribution in [2.75, 3.05) is 25.2 Å². The van der Waals surface area contributed by atoms with E-state index in [0.717, 1.165) is 23.5 Å². The number of likely N-dealkylation sites (N-methyl/N-ethyl adjacent to an activating group) is 1. The highest BCUT2D eigenvalue weighted by Crippen LogP contribution is 2.16. The fourth-order valence-corrected chi connectivity index (χ4v) is 3.29. The van der Waals surface area contributed by atoms with E-state index in [0.29, 0.717) is 17.6 Å². The van der Waals surface area contributed by atoms with Crippen LogP contribution in [-0.4, -0.2) is 56.2 Å². The molecule has 1 atom stereocenters. The van der Waals surface area contributed by atoms with Crippen LogP contribution in [0.2, 0.25) is 0 Å². The standard InChI is InChI=1S/C14H22N4O2S/c1-3-4-21-8-11(7-19)18(2)6-10-5-15-13-12(10)16-9-17-14(13)20/h5,9,11,15,19H,3-4,6-8H2,1-2H3,(H,16,17,20)/t11-/m1/s1. The zero-order valence-electron chi connectivity index (χ0n) is 12.4. The summed E-state index contributed by atoms with van der Waals surface area (Å²) in [6.45, 7) is 2.93. The van der Waals surface area contributed by atoms with Crippen molar-refractivity contribution >= 4 is 22.8 Å². The van der Waals surface area contributed by atoms with Gasteiger partial charge in [0, 0.05) is 30.1 Å². The monoisotopic (exact) mass is 310 g/mol. The van der Waals surface area contributed by atoms with Crippen molar-refractivity contribution in [1.29, 1.82) is 0 Å². The van der Waals surface area contributed by atoms with Crippen LogP contribution in [0.25, 0.3) is 11.0 Å². The minimum atomic E-state index is -0.161. The zero-order valence-corrected chi connectivity index (χ0v) is 13.2. The van der Waals surface area contributed by atoms with Gasteiger partial charge in [0.1, 0.15) is 5.52 Å². The molecule has 0 aliphatic carbocycles. The molecule has 0 unspecified atom stereocenters. The van der Waals surface area contributed by atoms with Gasteiger partial charge in [0.25, 0.3) is 5.56 Å². The van der Waals surface area contributed by atoms with Gasteiger partial charge >= 0.3 is 0 Å². The third-order valence-electron chi connectivity index (χ3n) is 3.46. The molecule has 2 rings (SSSR count). The Morgan fingerprint density at radius 1 is 1.48 bits per heavy atom. The van der Waals surface area contributed by atoms with E-state index in [1.54, 1.807) is 0 Å². The van der Waals surface area contributed by atoms with Gasteiger partial charge in [-0.15, -0.1) is 0 Å². The molecule has 2 aromatic heterocycles. The van der Waals surface area contributed by atoms with Crippen LogP contribution in [0.4, 0.5) is 0 Å². The van der Waals surface area contributed by atoms with Gasteiger partial charge in [-0.1, -0.05) is 6.92 Å². The molecule has 21 heavy (non-hydrogen) atoms. The molecule has 0 bridgehead atoms. The molecule has 3 N–H and O–H groups in total. The van der Waals surface area contributed by atoms with Crippen LogP contribution in [-0.2, 0) is 6.54 Å². The number of aliphatic hydroxyl groups is 1. The van der Waals surface area contributed by atoms with Crippen molar-refractivity contribution in [3.05, 3.63) is 28.4 Å². The van der Waals surface area contributed by atoms with E-state index in [9.17, 15) is 9.90 Å². The summed E-state index contributed by atoms with van der Waals surface area (Å²) in [5, 5.41) is 9.55. The van der Waals surface area contributed by atoms with Crippen molar-refractivity contribution in [2.24, 2.45) is 0 Å². The molecule has 2 aromatic rings. The summed E-state index contributed by atoms with van der Waals surface area (Å²) in [7, 11) is 1.99. The van der Waals surface area contributed by atoms with Crippen LogP contribution in [0.1, 0.15) is 18.9 Å². The first-order valence-corrected chi connectivity index (χ1v) is 8.25. The van der Waals surface area contributed by atoms with Crippen LogP contribution < -0.4 is 5.56 Å². The van der Waals surface area contributed by atoms with Crippen molar-refractivity contribution in [1.82, 2.24) is 19.9 Å². The molecular weight excluding hydrogens is 288 g/mol. The number of aliphatic hydroxyl groups excluding tert-OH is 1. The summed E-state index contributed by atoms with van der Waals surface area (Å²) in [6.07, 6.45) is 4.38. The second-order valence-corrected chi connectivity index (χ2v) is 6.25. The lowest BCUT2D eigenvalue weighted by Crippen LogP contribution is -2.36. The number of rotatable bonds is 8. The Morgan fingerprint density at radius 2 is 2.29 bits per heavy atom. The van der Waals surface area contributed by atoms with Crippen LogP contribution >= 0.6 is 11.8 Å². The number of nitrogens with zero attached hydrogens (tertiary/aromatic N) is 2. The number of hydrogen-bond acceptors (Lipinski definition) is 5. The van der Waals surface area contributed by atoms with Crippen molar-refractivity contribution in [2.45, 2.75) is 25.9 Å². The second kappa shape index (κ2) is 7.63. The quantitative estimate of drug-likeness (QED) is 0.638. The molecule has 0 aliphatic rings. The molecule has 0 fully saturated rings. The highest BCUT2D eigenvalue weighted by Gasteiger charge is 2.16. The fourth-order valence-electron chi connectivity index (χ4n) is 2.21. The Bertz CT molecular complexity index is 625.